The molecule has 24 heteroatoms. The maximum atomic E-state index is 13.8. The zero-order valence-electron chi connectivity index (χ0n) is 53.5. The van der Waals surface area contributed by atoms with Crippen molar-refractivity contribution in [3.05, 3.63) is 131 Å². The average Bonchev–Trinajstić information content (AvgIpc) is 0.758. The van der Waals surface area contributed by atoms with Crippen molar-refractivity contribution in [2.75, 3.05) is 82.5 Å². The molecule has 0 spiro atoms. The number of carbonyl (C=O) groups excluding carboxylic acids is 5. The Morgan fingerprint density at radius 3 is 2.38 bits per heavy atom. The predicted octanol–water partition coefficient (Wildman–Crippen LogP) is 9.11. The van der Waals surface area contributed by atoms with Crippen LogP contribution in [0.3, 0.4) is 0 Å². The highest BCUT2D eigenvalue weighted by Gasteiger charge is 2.66. The molecule has 6 heterocycles. The summed E-state index contributed by atoms with van der Waals surface area (Å²) in [5.41, 5.74) is 5.54. The van der Waals surface area contributed by atoms with E-state index in [4.69, 9.17) is 29.0 Å². The highest BCUT2D eigenvalue weighted by Crippen LogP contribution is 2.72. The van der Waals surface area contributed by atoms with Gasteiger partial charge in [0.2, 0.25) is 5.91 Å². The van der Waals surface area contributed by atoms with Gasteiger partial charge in [0.1, 0.15) is 24.8 Å². The molecule has 5 amide bonds. The third-order valence-electron chi connectivity index (χ3n) is 19.6. The minimum atomic E-state index is -1.14. The molecule has 94 heavy (non-hydrogen) atoms. The van der Waals surface area contributed by atoms with Crippen molar-refractivity contribution in [2.24, 2.45) is 16.2 Å². The van der Waals surface area contributed by atoms with E-state index in [2.05, 4.69) is 45.1 Å². The largest absolute Gasteiger partial charge is 0.491 e. The molecule has 2 unspecified atom stereocenters. The molecule has 4 saturated carbocycles. The van der Waals surface area contributed by atoms with Crippen LogP contribution in [0.2, 0.25) is 0 Å². The van der Waals surface area contributed by atoms with E-state index in [9.17, 15) is 43.8 Å². The Kier molecular flexibility index (Phi) is 19.4. The number of aromatic carboxylic acids is 1. The van der Waals surface area contributed by atoms with Gasteiger partial charge in [0.05, 0.1) is 41.8 Å². The molecule has 6 aromatic rings. The number of imide groups is 1. The van der Waals surface area contributed by atoms with E-state index >= 15 is 0 Å². The molecule has 5 fully saturated rings. The van der Waals surface area contributed by atoms with Crippen molar-refractivity contribution < 1.29 is 62.7 Å². The molecule has 13 rings (SSSR count). The van der Waals surface area contributed by atoms with Gasteiger partial charge in [-0.3, -0.25) is 43.8 Å². The number of thiazole rings is 1. The molecule has 3 aliphatic heterocycles. The van der Waals surface area contributed by atoms with Crippen LogP contribution in [0, 0.1) is 29.2 Å². The summed E-state index contributed by atoms with van der Waals surface area (Å²) in [6.07, 6.45) is 12.2. The van der Waals surface area contributed by atoms with Gasteiger partial charge in [0.15, 0.2) is 10.8 Å². The molecule has 4 aliphatic carbocycles. The molecule has 4 bridgehead atoms. The third-order valence-corrected chi connectivity index (χ3v) is 20.6. The minimum Gasteiger partial charge on any atom is -0.491 e. The third kappa shape index (κ3) is 14.8. The molecule has 1 saturated heterocycles. The van der Waals surface area contributed by atoms with Gasteiger partial charge in [-0.15, -0.1) is 0 Å². The van der Waals surface area contributed by atoms with Crippen LogP contribution in [0.15, 0.2) is 91.1 Å². The van der Waals surface area contributed by atoms with Crippen LogP contribution in [-0.4, -0.2) is 170 Å². The van der Waals surface area contributed by atoms with E-state index in [0.717, 1.165) is 70.5 Å². The Morgan fingerprint density at radius 1 is 0.830 bits per heavy atom. The lowest BCUT2D eigenvalue weighted by Gasteiger charge is -2.69. The molecule has 1 radical (unpaired) electrons. The first kappa shape index (κ1) is 65.5. The first-order valence-corrected chi connectivity index (χ1v) is 33.4. The quantitative estimate of drug-likeness (QED) is 0.0263. The van der Waals surface area contributed by atoms with Gasteiger partial charge in [-0.05, 0) is 148 Å². The van der Waals surface area contributed by atoms with Crippen LogP contribution in [0.1, 0.15) is 128 Å². The number of amides is 5. The van der Waals surface area contributed by atoms with E-state index in [-0.39, 0.29) is 97.8 Å². The Labute approximate surface area is 549 Å². The molecule has 3 aromatic carbocycles. The number of aromatic nitrogens is 4. The number of ether oxygens (including phenoxy) is 4. The van der Waals surface area contributed by atoms with Crippen molar-refractivity contribution >= 4 is 74.2 Å². The number of hydrogen-bond donors (Lipinski definition) is 4. The molecule has 2 atom stereocenters. The summed E-state index contributed by atoms with van der Waals surface area (Å²) < 4.78 is 27.7. The number of pyridine rings is 1. The molecule has 23 nitrogen and oxygen atoms in total. The summed E-state index contributed by atoms with van der Waals surface area (Å²) in [7, 11) is 0. The summed E-state index contributed by atoms with van der Waals surface area (Å²) in [6, 6.07) is 25.5. The number of hydrogen-bond acceptors (Lipinski definition) is 17. The number of aliphatic carboxylic acids is 1. The van der Waals surface area contributed by atoms with E-state index < -0.39 is 29.8 Å². The van der Waals surface area contributed by atoms with Gasteiger partial charge in [-0.25, -0.2) is 19.6 Å². The zero-order valence-corrected chi connectivity index (χ0v) is 54.3. The summed E-state index contributed by atoms with van der Waals surface area (Å²) >= 11 is 1.42. The number of nitrogens with zero attached hydrogens (tertiary/aromatic N) is 8. The maximum absolute atomic E-state index is 13.8. The second-order valence-corrected chi connectivity index (χ2v) is 28.0. The van der Waals surface area contributed by atoms with E-state index in [1.165, 1.54) is 23.5 Å². The topological polar surface area (TPSA) is 277 Å². The summed E-state index contributed by atoms with van der Waals surface area (Å²) in [5, 5.41) is 31.6. The smallest absolute Gasteiger partial charge is 0.410 e. The SMILES string of the molecule is Cc1c(-c2ccc(N3CCc4cccc(C(=O)Nc5nc6ccccc6s5)c4C3)nc2C(=O)O)cnn1CC12CC3(C)CC(C)(C1)CC(OCCN(CCCC(=O)O)C1CCN(C(=O)OCc4cc[c]cc4OCCOCCNC(=O)CCN4C(=O)C=CC4=O)CC1)(C3)C2. The lowest BCUT2D eigenvalue weighted by Crippen LogP contribution is -2.64. The number of piperidine rings is 1. The molecular weight excluding hydrogens is 1220 g/mol. The lowest BCUT2D eigenvalue weighted by atomic mass is 9.39. The monoisotopic (exact) mass is 1300 g/mol. The van der Waals surface area contributed by atoms with Crippen molar-refractivity contribution in [2.45, 2.75) is 129 Å². The number of para-hydroxylation sites is 1. The second kappa shape index (κ2) is 27.8. The number of rotatable bonds is 28. The Balaban J connectivity index is 0.635. The maximum Gasteiger partial charge on any atom is 0.410 e. The molecular formula is C70H81N10O13S. The van der Waals surface area contributed by atoms with E-state index in [0.29, 0.717) is 117 Å². The average molecular weight is 1300 g/mol. The molecule has 3 aromatic heterocycles. The van der Waals surface area contributed by atoms with Crippen molar-refractivity contribution in [3.63, 3.8) is 0 Å². The number of nitrogens with one attached hydrogen (secondary N) is 2. The summed E-state index contributed by atoms with van der Waals surface area (Å²) in [6.45, 7) is 12.0. The summed E-state index contributed by atoms with van der Waals surface area (Å²) in [5.74, 6) is -2.39. The minimum absolute atomic E-state index is 0.00612. The number of carboxylic acid groups (broad SMARTS) is 2. The fraction of sp³-hybridized carbons (Fsp3) is 0.486. The van der Waals surface area contributed by atoms with Crippen LogP contribution >= 0.6 is 11.3 Å². The van der Waals surface area contributed by atoms with E-state index in [1.54, 1.807) is 29.3 Å². The second-order valence-electron chi connectivity index (χ2n) is 27.0. The Morgan fingerprint density at radius 2 is 1.62 bits per heavy atom. The zero-order chi connectivity index (χ0) is 65.8. The Hall–Kier alpha value is -8.58. The van der Waals surface area contributed by atoms with Gasteiger partial charge >= 0.3 is 18.0 Å². The van der Waals surface area contributed by atoms with Crippen LogP contribution in [0.25, 0.3) is 21.3 Å². The van der Waals surface area contributed by atoms with Crippen LogP contribution in [0.5, 0.6) is 5.75 Å². The van der Waals surface area contributed by atoms with Crippen molar-refractivity contribution in [1.82, 2.24) is 39.8 Å². The highest BCUT2D eigenvalue weighted by atomic mass is 32.1. The van der Waals surface area contributed by atoms with Gasteiger partial charge in [0, 0.05) is 111 Å². The van der Waals surface area contributed by atoms with Gasteiger partial charge in [-0.1, -0.05) is 61.6 Å². The first-order chi connectivity index (χ1) is 45.2. The predicted molar refractivity (Wildman–Crippen MR) is 349 cm³/mol. The fourth-order valence-electron chi connectivity index (χ4n) is 16.6. The van der Waals surface area contributed by atoms with Crippen molar-refractivity contribution in [1.29, 1.82) is 0 Å². The van der Waals surface area contributed by atoms with Gasteiger partial charge in [0.25, 0.3) is 17.7 Å². The normalized spacial score (nSPS) is 22.3. The van der Waals surface area contributed by atoms with Crippen LogP contribution in [0.4, 0.5) is 15.7 Å². The number of benzene rings is 3. The fourth-order valence-corrected chi connectivity index (χ4v) is 17.4. The van der Waals surface area contributed by atoms with Gasteiger partial charge < -0.3 is 44.3 Å². The number of anilines is 2. The molecule has 495 valence electrons. The number of fused-ring (bicyclic) bond motifs is 2. The standard InChI is InChI=1S/C70H81N10O13S/c1-46-52(50-17-18-57(74-62(50)64(87)88)78-27-21-47-11-8-12-51(53(47)37-78)63(86)75-65-73-54-13-5-7-15-56(54)94-65)36-72-80(46)45-69-40-67(2)39-68(3,41-69)43-70(42-67,44-69)93-33-31-76(26-9-16-61(84)85)49-22-28-77(29-23-49)66(89)92-38-48-10-4-6-14-55(48)91-35-34-90-32-25-71-58(81)24-30-79-59(82)19-20-60(79)83/h4-5,7-8,10-15,17-20,36,49H,9,16,21-35,37-45H2,1-3H3,(H,71,81)(H,84,85)(H,87,88)(H,73,75,86). The number of carboxylic acids is 2. The van der Waals surface area contributed by atoms with Gasteiger partial charge in [-0.2, -0.15) is 5.10 Å². The molecule has 7 aliphatic rings. The van der Waals surface area contributed by atoms with Crippen molar-refractivity contribution in [3.8, 4) is 16.9 Å². The lowest BCUT2D eigenvalue weighted by molar-refractivity contribution is -0.249. The van der Waals surface area contributed by atoms with E-state index in [1.807, 2.05) is 66.4 Å². The highest BCUT2D eigenvalue weighted by molar-refractivity contribution is 7.22. The first-order valence-electron chi connectivity index (χ1n) is 32.6. The summed E-state index contributed by atoms with van der Waals surface area (Å²) in [4.78, 5) is 104. The number of carbonyl (C=O) groups is 7. The van der Waals surface area contributed by atoms with Crippen LogP contribution < -0.4 is 20.3 Å². The molecule has 4 N–H and O–H groups in total. The van der Waals surface area contributed by atoms with Crippen LogP contribution in [-0.2, 0) is 59.5 Å². The number of likely N-dealkylation sites (tertiary alicyclic amines) is 1. The Bertz CT molecular complexity index is 3830.